The molecule has 2 amide bonds. The zero-order valence-corrected chi connectivity index (χ0v) is 14.3. The van der Waals surface area contributed by atoms with Crippen molar-refractivity contribution in [3.8, 4) is 5.75 Å². The summed E-state index contributed by atoms with van der Waals surface area (Å²) in [6.45, 7) is 1.81. The van der Waals surface area contributed by atoms with E-state index >= 15 is 0 Å². The molecule has 0 unspecified atom stereocenters. The van der Waals surface area contributed by atoms with Crippen molar-refractivity contribution >= 4 is 29.1 Å². The normalized spacial score (nSPS) is 10.1. The summed E-state index contributed by atoms with van der Waals surface area (Å²) in [6.07, 6.45) is 0.193. The van der Waals surface area contributed by atoms with Crippen LogP contribution in [0.4, 0.5) is 5.69 Å². The van der Waals surface area contributed by atoms with Crippen LogP contribution < -0.4 is 15.4 Å². The average Bonchev–Trinajstić information content (AvgIpc) is 2.55. The summed E-state index contributed by atoms with van der Waals surface area (Å²) < 4.78 is 5.20. The molecule has 0 aliphatic rings. The monoisotopic (exact) mass is 346 g/mol. The van der Waals surface area contributed by atoms with Gasteiger partial charge in [-0.2, -0.15) is 0 Å². The van der Waals surface area contributed by atoms with Gasteiger partial charge in [-0.1, -0.05) is 29.8 Å². The number of rotatable bonds is 6. The van der Waals surface area contributed by atoms with E-state index in [0.29, 0.717) is 16.5 Å². The molecule has 5 nitrogen and oxygen atoms in total. The molecule has 126 valence electrons. The van der Waals surface area contributed by atoms with E-state index in [2.05, 4.69) is 10.6 Å². The average molecular weight is 347 g/mol. The van der Waals surface area contributed by atoms with Crippen LogP contribution in [0, 0.1) is 6.92 Å². The number of nitrogens with one attached hydrogen (secondary N) is 2. The molecule has 24 heavy (non-hydrogen) atoms. The lowest BCUT2D eigenvalue weighted by Crippen LogP contribution is -2.33. The highest BCUT2D eigenvalue weighted by atomic mass is 35.5. The highest BCUT2D eigenvalue weighted by molar-refractivity contribution is 6.30. The van der Waals surface area contributed by atoms with Gasteiger partial charge in [0.05, 0.1) is 25.8 Å². The van der Waals surface area contributed by atoms with Gasteiger partial charge in [-0.25, -0.2) is 0 Å². The van der Waals surface area contributed by atoms with Gasteiger partial charge in [-0.05, 0) is 42.3 Å². The Bertz CT molecular complexity index is 730. The van der Waals surface area contributed by atoms with Gasteiger partial charge in [-0.3, -0.25) is 9.59 Å². The number of amides is 2. The van der Waals surface area contributed by atoms with Crippen LogP contribution in [0.5, 0.6) is 5.75 Å². The summed E-state index contributed by atoms with van der Waals surface area (Å²) in [5.74, 6) is 0.0217. The van der Waals surface area contributed by atoms with Crippen molar-refractivity contribution in [3.05, 3.63) is 58.6 Å². The highest BCUT2D eigenvalue weighted by Crippen LogP contribution is 2.24. The number of aryl methyl sites for hydroxylation is 1. The minimum Gasteiger partial charge on any atom is -0.495 e. The third kappa shape index (κ3) is 5.28. The third-order valence-corrected chi connectivity index (χ3v) is 3.61. The van der Waals surface area contributed by atoms with E-state index in [0.717, 1.165) is 11.1 Å². The van der Waals surface area contributed by atoms with Crippen LogP contribution in [0.2, 0.25) is 5.02 Å². The third-order valence-electron chi connectivity index (χ3n) is 3.35. The van der Waals surface area contributed by atoms with Crippen LogP contribution in [0.15, 0.2) is 42.5 Å². The molecule has 0 aliphatic heterocycles. The fourth-order valence-electron chi connectivity index (χ4n) is 2.14. The van der Waals surface area contributed by atoms with Gasteiger partial charge in [0.15, 0.2) is 0 Å². The number of benzene rings is 2. The predicted molar refractivity (Wildman–Crippen MR) is 94.5 cm³/mol. The van der Waals surface area contributed by atoms with Crippen LogP contribution in [0.1, 0.15) is 11.1 Å². The Morgan fingerprint density at radius 2 is 1.79 bits per heavy atom. The number of ether oxygens (including phenoxy) is 1. The van der Waals surface area contributed by atoms with Crippen LogP contribution in [0.3, 0.4) is 0 Å². The minimum atomic E-state index is -0.316. The van der Waals surface area contributed by atoms with Crippen molar-refractivity contribution in [1.82, 2.24) is 5.32 Å². The summed E-state index contributed by atoms with van der Waals surface area (Å²) >= 11 is 5.80. The Morgan fingerprint density at radius 1 is 1.08 bits per heavy atom. The molecule has 0 heterocycles. The van der Waals surface area contributed by atoms with Crippen LogP contribution in [0.25, 0.3) is 0 Å². The van der Waals surface area contributed by atoms with Crippen molar-refractivity contribution in [1.29, 1.82) is 0 Å². The van der Waals surface area contributed by atoms with E-state index in [1.54, 1.807) is 30.3 Å². The molecule has 0 saturated heterocycles. The van der Waals surface area contributed by atoms with Crippen molar-refractivity contribution < 1.29 is 14.3 Å². The molecule has 2 rings (SSSR count). The minimum absolute atomic E-state index is 0.108. The molecule has 2 aromatic rings. The Morgan fingerprint density at radius 3 is 2.46 bits per heavy atom. The van der Waals surface area contributed by atoms with E-state index in [4.69, 9.17) is 16.3 Å². The topological polar surface area (TPSA) is 67.4 Å². The molecule has 0 fully saturated rings. The molecule has 0 aromatic heterocycles. The molecule has 0 radical (unpaired) electrons. The van der Waals surface area contributed by atoms with Crippen LogP contribution >= 0.6 is 11.6 Å². The maximum absolute atomic E-state index is 12.0. The molecule has 0 aliphatic carbocycles. The standard InChI is InChI=1S/C18H19ClN2O3/c1-12-3-8-16(24-2)15(9-12)21-18(23)11-20-17(22)10-13-4-6-14(19)7-5-13/h3-9H,10-11H2,1-2H3,(H,20,22)(H,21,23). The Kier molecular flexibility index (Phi) is 6.21. The molecular weight excluding hydrogens is 328 g/mol. The molecule has 2 aromatic carbocycles. The van der Waals surface area contributed by atoms with Gasteiger partial charge in [0.25, 0.3) is 0 Å². The second kappa shape index (κ2) is 8.36. The lowest BCUT2D eigenvalue weighted by Gasteiger charge is -2.11. The molecular formula is C18H19ClN2O3. The lowest BCUT2D eigenvalue weighted by molar-refractivity contribution is -0.123. The molecule has 0 saturated carbocycles. The Balaban J connectivity index is 1.85. The summed E-state index contributed by atoms with van der Waals surface area (Å²) in [5.41, 5.74) is 2.41. The zero-order valence-electron chi connectivity index (χ0n) is 13.6. The summed E-state index contributed by atoms with van der Waals surface area (Å²) in [5, 5.41) is 5.94. The van der Waals surface area contributed by atoms with E-state index in [1.165, 1.54) is 7.11 Å². The fraction of sp³-hybridized carbons (Fsp3) is 0.222. The lowest BCUT2D eigenvalue weighted by atomic mass is 10.1. The largest absolute Gasteiger partial charge is 0.495 e. The number of carbonyl (C=O) groups excluding carboxylic acids is 2. The van der Waals surface area contributed by atoms with E-state index < -0.39 is 0 Å². The number of halogens is 1. The molecule has 2 N–H and O–H groups in total. The summed E-state index contributed by atoms with van der Waals surface area (Å²) in [7, 11) is 1.54. The first-order chi connectivity index (χ1) is 11.5. The second-order valence-electron chi connectivity index (χ2n) is 5.33. The fourth-order valence-corrected chi connectivity index (χ4v) is 2.27. The van der Waals surface area contributed by atoms with Gasteiger partial charge >= 0.3 is 0 Å². The Hall–Kier alpha value is -2.53. The predicted octanol–water partition coefficient (Wildman–Crippen LogP) is 2.95. The second-order valence-corrected chi connectivity index (χ2v) is 5.77. The SMILES string of the molecule is COc1ccc(C)cc1NC(=O)CNC(=O)Cc1ccc(Cl)cc1. The van der Waals surface area contributed by atoms with Gasteiger partial charge < -0.3 is 15.4 Å². The maximum atomic E-state index is 12.0. The Labute approximate surface area is 146 Å². The molecule has 0 spiro atoms. The number of carbonyl (C=O) groups is 2. The van der Waals surface area contributed by atoms with Gasteiger partial charge in [0.1, 0.15) is 5.75 Å². The number of anilines is 1. The first-order valence-electron chi connectivity index (χ1n) is 7.43. The quantitative estimate of drug-likeness (QED) is 0.845. The molecule has 0 atom stereocenters. The van der Waals surface area contributed by atoms with E-state index in [9.17, 15) is 9.59 Å². The first kappa shape index (κ1) is 17.8. The van der Waals surface area contributed by atoms with Gasteiger partial charge in [-0.15, -0.1) is 0 Å². The zero-order chi connectivity index (χ0) is 17.5. The molecule has 0 bridgehead atoms. The first-order valence-corrected chi connectivity index (χ1v) is 7.81. The number of methoxy groups -OCH3 is 1. The van der Waals surface area contributed by atoms with E-state index in [1.807, 2.05) is 19.1 Å². The van der Waals surface area contributed by atoms with E-state index in [-0.39, 0.29) is 24.8 Å². The number of hydrogen-bond acceptors (Lipinski definition) is 3. The van der Waals surface area contributed by atoms with Crippen molar-refractivity contribution in [3.63, 3.8) is 0 Å². The highest BCUT2D eigenvalue weighted by Gasteiger charge is 2.10. The smallest absolute Gasteiger partial charge is 0.243 e. The summed E-state index contributed by atoms with van der Waals surface area (Å²) in [4.78, 5) is 23.9. The molecule has 6 heteroatoms. The number of hydrogen-bond donors (Lipinski definition) is 2. The van der Waals surface area contributed by atoms with Crippen molar-refractivity contribution in [2.45, 2.75) is 13.3 Å². The van der Waals surface area contributed by atoms with Gasteiger partial charge in [0, 0.05) is 5.02 Å². The van der Waals surface area contributed by atoms with Crippen molar-refractivity contribution in [2.75, 3.05) is 19.0 Å². The van der Waals surface area contributed by atoms with Crippen LogP contribution in [-0.2, 0) is 16.0 Å². The van der Waals surface area contributed by atoms with Crippen LogP contribution in [-0.4, -0.2) is 25.5 Å². The maximum Gasteiger partial charge on any atom is 0.243 e. The summed E-state index contributed by atoms with van der Waals surface area (Å²) in [6, 6.07) is 12.5. The van der Waals surface area contributed by atoms with Gasteiger partial charge in [0.2, 0.25) is 11.8 Å². The van der Waals surface area contributed by atoms with Crippen molar-refractivity contribution in [2.24, 2.45) is 0 Å².